The molecule has 3 unspecified atom stereocenters. The van der Waals surface area contributed by atoms with Crippen LogP contribution in [0.5, 0.6) is 0 Å². The average molecular weight is 407 g/mol. The fourth-order valence-corrected chi connectivity index (χ4v) is 3.96. The third-order valence-corrected chi connectivity index (χ3v) is 5.95. The topological polar surface area (TPSA) is 32.8 Å². The van der Waals surface area contributed by atoms with Crippen LogP contribution in [0.15, 0.2) is 0 Å². The second-order valence-corrected chi connectivity index (χ2v) is 9.16. The molecule has 1 heterocycles. The minimum absolute atomic E-state index is 0.166. The molecule has 0 aliphatic carbocycles. The number of alkyl halides is 6. The first-order valence-electron chi connectivity index (χ1n) is 9.05. The number of hydrogen-bond donors (Lipinski definition) is 0. The van der Waals surface area contributed by atoms with Gasteiger partial charge in [0.15, 0.2) is 7.85 Å². The van der Waals surface area contributed by atoms with E-state index in [0.717, 1.165) is 4.90 Å². The lowest BCUT2D eigenvalue weighted by Gasteiger charge is -2.62. The summed E-state index contributed by atoms with van der Waals surface area (Å²) in [6, 6.07) is 0. The molecule has 0 saturated carbocycles. The van der Waals surface area contributed by atoms with Crippen LogP contribution in [0, 0.1) is 0 Å². The van der Waals surface area contributed by atoms with E-state index in [9.17, 15) is 31.1 Å². The maximum atomic E-state index is 13.2. The smallest absolute Gasteiger partial charge is 0.428 e. The zero-order valence-corrected chi connectivity index (χ0v) is 17.7. The van der Waals surface area contributed by atoms with Crippen molar-refractivity contribution in [1.82, 2.24) is 9.80 Å². The lowest BCUT2D eigenvalue weighted by atomic mass is 9.47. The van der Waals surface area contributed by atoms with Crippen molar-refractivity contribution in [2.24, 2.45) is 0 Å². The Hall–Kier alpha value is -0.800. The van der Waals surface area contributed by atoms with Gasteiger partial charge in [-0.05, 0) is 38.0 Å². The van der Waals surface area contributed by atoms with Crippen molar-refractivity contribution in [3.63, 3.8) is 0 Å². The quantitative estimate of drug-likeness (QED) is 0.339. The minimum Gasteiger partial charge on any atom is -0.433 e. The van der Waals surface area contributed by atoms with Crippen LogP contribution in [0.3, 0.4) is 0 Å². The van der Waals surface area contributed by atoms with Crippen molar-refractivity contribution in [1.29, 1.82) is 0 Å². The van der Waals surface area contributed by atoms with Gasteiger partial charge in [0.05, 0.1) is 0 Å². The molecule has 1 amide bonds. The van der Waals surface area contributed by atoms with Gasteiger partial charge in [0.25, 0.3) is 5.50 Å². The summed E-state index contributed by atoms with van der Waals surface area (Å²) in [4.78, 5) is 15.8. The molecule has 1 fully saturated rings. The third kappa shape index (κ3) is 4.07. The van der Waals surface area contributed by atoms with E-state index >= 15 is 0 Å². The molecule has 0 aromatic carbocycles. The Kier molecular flexibility index (Phi) is 6.45. The highest BCUT2D eigenvalue weighted by atomic mass is 19.4. The van der Waals surface area contributed by atoms with E-state index in [1.165, 1.54) is 0 Å². The number of ether oxygens (including phenoxy) is 1. The van der Waals surface area contributed by atoms with Crippen molar-refractivity contribution in [2.45, 2.75) is 67.3 Å². The van der Waals surface area contributed by atoms with Gasteiger partial charge in [-0.15, -0.1) is 0 Å². The zero-order chi connectivity index (χ0) is 22.7. The summed E-state index contributed by atoms with van der Waals surface area (Å²) in [5.74, 6) is -1.35. The zero-order valence-electron chi connectivity index (χ0n) is 17.7. The van der Waals surface area contributed by atoms with Crippen molar-refractivity contribution in [3.05, 3.63) is 0 Å². The molecule has 0 aromatic rings. The summed E-state index contributed by atoms with van der Waals surface area (Å²) >= 11 is 0. The van der Waals surface area contributed by atoms with Crippen molar-refractivity contribution < 1.29 is 35.9 Å². The van der Waals surface area contributed by atoms with Crippen molar-refractivity contribution in [3.8, 4) is 0 Å². The summed E-state index contributed by atoms with van der Waals surface area (Å²) in [6.45, 7) is 5.88. The molecule has 0 aromatic heterocycles. The third-order valence-electron chi connectivity index (χ3n) is 5.95. The summed E-state index contributed by atoms with van der Waals surface area (Å²) < 4.78 is 83.1. The lowest BCUT2D eigenvalue weighted by Crippen LogP contribution is -2.80. The van der Waals surface area contributed by atoms with Gasteiger partial charge in [0.2, 0.25) is 0 Å². The molecule has 0 spiro atoms. The second-order valence-electron chi connectivity index (χ2n) is 9.16. The fourth-order valence-electron chi connectivity index (χ4n) is 3.96. The van der Waals surface area contributed by atoms with Gasteiger partial charge in [-0.1, -0.05) is 0 Å². The standard InChI is InChI=1S/C12H24B6F6N2O2/c1-8(2,3)25-4(13)5(14)26(9(16,17)6(25)15)7(27)28-10(18,11(19,20)21)12(22,23)24/h4-6H,13-18H2,1-3H3. The molecular formula is C12H24B6F6N2O2. The first-order valence-corrected chi connectivity index (χ1v) is 9.05. The summed E-state index contributed by atoms with van der Waals surface area (Å²) in [6.07, 6.45) is -13.3. The molecule has 1 aliphatic heterocycles. The van der Waals surface area contributed by atoms with E-state index in [2.05, 4.69) is 9.64 Å². The highest BCUT2D eigenvalue weighted by Crippen LogP contribution is 2.44. The molecule has 28 heavy (non-hydrogen) atoms. The van der Waals surface area contributed by atoms with E-state index in [-0.39, 0.29) is 25.3 Å². The molecule has 1 rings (SSSR count). The molecule has 3 atom stereocenters. The fraction of sp³-hybridized carbons (Fsp3) is 0.917. The Morgan fingerprint density at radius 1 is 0.929 bits per heavy atom. The van der Waals surface area contributed by atoms with Gasteiger partial charge in [-0.3, -0.25) is 0 Å². The Morgan fingerprint density at radius 2 is 1.32 bits per heavy atom. The maximum Gasteiger partial charge on any atom is 0.428 e. The van der Waals surface area contributed by atoms with Crippen molar-refractivity contribution >= 4 is 53.2 Å². The van der Waals surface area contributed by atoms with E-state index in [0.29, 0.717) is 0 Å². The van der Waals surface area contributed by atoms with Crippen LogP contribution in [0.1, 0.15) is 20.8 Å². The number of carbonyl (C=O) groups is 1. The van der Waals surface area contributed by atoms with Crippen LogP contribution in [0.4, 0.5) is 31.1 Å². The number of carbonyl (C=O) groups excluding carboxylic acids is 1. The normalized spacial score (nSPS) is 27.5. The largest absolute Gasteiger partial charge is 0.433 e. The number of nitrogens with zero attached hydrogens (tertiary/aromatic N) is 2. The van der Waals surface area contributed by atoms with Gasteiger partial charge in [-0.2, -0.15) is 26.3 Å². The molecule has 0 radical (unpaired) electrons. The Balaban J connectivity index is 3.38. The molecule has 0 bridgehead atoms. The Bertz CT molecular complexity index is 597. The van der Waals surface area contributed by atoms with E-state index in [4.69, 9.17) is 0 Å². The Morgan fingerprint density at radius 3 is 1.64 bits per heavy atom. The number of rotatable bonds is 1. The molecule has 16 heteroatoms. The highest BCUT2D eigenvalue weighted by Gasteiger charge is 2.71. The van der Waals surface area contributed by atoms with E-state index in [1.54, 1.807) is 39.2 Å². The van der Waals surface area contributed by atoms with E-state index in [1.807, 2.05) is 20.8 Å². The SMILES string of the molecule is BC1C(B)N(C(=O)OC(B)(C(F)(F)F)C(F)(F)F)C(B)(B)C(B)N1C(C)(C)C. The van der Waals surface area contributed by atoms with E-state index < -0.39 is 35.2 Å². The van der Waals surface area contributed by atoms with Crippen LogP contribution in [-0.4, -0.2) is 110 Å². The lowest BCUT2D eigenvalue weighted by molar-refractivity contribution is -0.331. The molecule has 1 saturated heterocycles. The average Bonchev–Trinajstić information content (AvgIpc) is 2.41. The predicted molar refractivity (Wildman–Crippen MR) is 110 cm³/mol. The van der Waals surface area contributed by atoms with Gasteiger partial charge in [0.1, 0.15) is 39.2 Å². The Labute approximate surface area is 166 Å². The predicted octanol–water partition coefficient (Wildman–Crippen LogP) is -3.21. The van der Waals surface area contributed by atoms with Gasteiger partial charge in [-0.25, -0.2) is 4.79 Å². The number of piperazine rings is 1. The molecule has 4 nitrogen and oxygen atoms in total. The molecule has 154 valence electrons. The van der Waals surface area contributed by atoms with Gasteiger partial charge < -0.3 is 14.5 Å². The summed E-state index contributed by atoms with van der Waals surface area (Å²) in [5, 5.41) is -1.08. The van der Waals surface area contributed by atoms with Gasteiger partial charge in [0, 0.05) is 11.5 Å². The highest BCUT2D eigenvalue weighted by molar-refractivity contribution is 6.45. The first-order chi connectivity index (χ1) is 12.1. The van der Waals surface area contributed by atoms with Crippen LogP contribution < -0.4 is 0 Å². The molecular weight excluding hydrogens is 383 g/mol. The van der Waals surface area contributed by atoms with Crippen LogP contribution in [-0.2, 0) is 4.74 Å². The number of hydrogen-bond acceptors (Lipinski definition) is 3. The van der Waals surface area contributed by atoms with Crippen LogP contribution in [0.25, 0.3) is 0 Å². The number of halogens is 6. The maximum absolute atomic E-state index is 13.2. The van der Waals surface area contributed by atoms with Crippen molar-refractivity contribution in [2.75, 3.05) is 0 Å². The summed E-state index contributed by atoms with van der Waals surface area (Å²) in [7, 11) is 8.23. The van der Waals surface area contributed by atoms with Gasteiger partial charge >= 0.3 is 18.4 Å². The first kappa shape index (κ1) is 25.2. The monoisotopic (exact) mass is 408 g/mol. The van der Waals surface area contributed by atoms with Crippen LogP contribution in [0.2, 0.25) is 0 Å². The molecule has 1 aliphatic rings. The minimum atomic E-state index is -5.81. The van der Waals surface area contributed by atoms with Crippen LogP contribution >= 0.6 is 0 Å². The summed E-state index contributed by atoms with van der Waals surface area (Å²) in [5.41, 5.74) is -4.92. The molecule has 0 N–H and O–H groups in total. The number of amides is 1. The second kappa shape index (κ2) is 7.16.